The molecule has 0 amide bonds. The number of rotatable bonds is 3. The van der Waals surface area contributed by atoms with Gasteiger partial charge in [-0.3, -0.25) is 4.57 Å². The lowest BCUT2D eigenvalue weighted by molar-refractivity contribution is -0.0511. The molecule has 0 bridgehead atoms. The van der Waals surface area contributed by atoms with Gasteiger partial charge < -0.3 is 25.8 Å². The zero-order chi connectivity index (χ0) is 19.7. The van der Waals surface area contributed by atoms with E-state index in [0.717, 1.165) is 6.42 Å². The second-order valence-corrected chi connectivity index (χ2v) is 7.50. The highest BCUT2D eigenvalue weighted by molar-refractivity contribution is 5.82. The molecule has 9 nitrogen and oxygen atoms in total. The molecule has 0 aromatic carbocycles. The normalized spacial score (nSPS) is 28.4. The van der Waals surface area contributed by atoms with Crippen LogP contribution in [-0.2, 0) is 4.74 Å². The summed E-state index contributed by atoms with van der Waals surface area (Å²) in [5.74, 6) is 7.26. The van der Waals surface area contributed by atoms with E-state index in [4.69, 9.17) is 10.5 Å². The van der Waals surface area contributed by atoms with Gasteiger partial charge in [0.15, 0.2) is 17.7 Å². The molecule has 1 saturated carbocycles. The Hall–Kier alpha value is -2.25. The summed E-state index contributed by atoms with van der Waals surface area (Å²) in [5.41, 5.74) is 6.75. The number of hydrogen-bond donors (Lipinski definition) is 4. The monoisotopic (exact) mass is 387 g/mol. The minimum Gasteiger partial charge on any atom is -0.394 e. The highest BCUT2D eigenvalue weighted by atomic mass is 16.6. The number of imidazole rings is 1. The Morgan fingerprint density at radius 1 is 1.18 bits per heavy atom. The third-order valence-electron chi connectivity index (χ3n) is 5.56. The molecular formula is C19H25N5O4. The van der Waals surface area contributed by atoms with Gasteiger partial charge in [-0.2, -0.15) is 0 Å². The van der Waals surface area contributed by atoms with Crippen molar-refractivity contribution in [1.29, 1.82) is 0 Å². The summed E-state index contributed by atoms with van der Waals surface area (Å²) in [7, 11) is 0. The predicted molar refractivity (Wildman–Crippen MR) is 101 cm³/mol. The fourth-order valence-corrected chi connectivity index (χ4v) is 3.96. The third-order valence-corrected chi connectivity index (χ3v) is 5.56. The van der Waals surface area contributed by atoms with E-state index in [1.807, 2.05) is 0 Å². The van der Waals surface area contributed by atoms with Gasteiger partial charge in [0.25, 0.3) is 0 Å². The molecule has 2 aromatic heterocycles. The van der Waals surface area contributed by atoms with Crippen molar-refractivity contribution in [3.63, 3.8) is 0 Å². The molecule has 150 valence electrons. The van der Waals surface area contributed by atoms with E-state index in [-0.39, 0.29) is 11.6 Å². The molecule has 2 aliphatic rings. The van der Waals surface area contributed by atoms with Gasteiger partial charge >= 0.3 is 0 Å². The Bertz CT molecular complexity index is 899. The minimum absolute atomic E-state index is 0.192. The van der Waals surface area contributed by atoms with Gasteiger partial charge in [0.2, 0.25) is 5.82 Å². The number of anilines is 1. The molecular weight excluding hydrogens is 362 g/mol. The number of aliphatic hydroxyl groups excluding tert-OH is 3. The summed E-state index contributed by atoms with van der Waals surface area (Å²) in [6.07, 6.45) is 4.27. The van der Waals surface area contributed by atoms with Crippen LogP contribution >= 0.6 is 0 Å². The van der Waals surface area contributed by atoms with E-state index in [1.165, 1.54) is 43.0 Å². The first kappa shape index (κ1) is 19.1. The summed E-state index contributed by atoms with van der Waals surface area (Å²) in [5, 5.41) is 29.6. The van der Waals surface area contributed by atoms with Crippen LogP contribution in [0.15, 0.2) is 6.33 Å². The molecule has 4 atom stereocenters. The van der Waals surface area contributed by atoms with Crippen LogP contribution in [0.4, 0.5) is 5.82 Å². The summed E-state index contributed by atoms with van der Waals surface area (Å²) >= 11 is 0. The van der Waals surface area contributed by atoms with Crippen LogP contribution in [0.2, 0.25) is 0 Å². The fourth-order valence-electron chi connectivity index (χ4n) is 3.96. The third kappa shape index (κ3) is 3.56. The number of nitrogens with zero attached hydrogens (tertiary/aromatic N) is 4. The van der Waals surface area contributed by atoms with Crippen molar-refractivity contribution in [2.45, 2.75) is 63.1 Å². The number of aliphatic hydroxyl groups is 3. The first-order valence-corrected chi connectivity index (χ1v) is 9.70. The van der Waals surface area contributed by atoms with E-state index in [2.05, 4.69) is 26.8 Å². The molecule has 28 heavy (non-hydrogen) atoms. The topological polar surface area (TPSA) is 140 Å². The van der Waals surface area contributed by atoms with Gasteiger partial charge in [-0.15, -0.1) is 0 Å². The van der Waals surface area contributed by atoms with Crippen LogP contribution < -0.4 is 5.73 Å². The van der Waals surface area contributed by atoms with Crippen molar-refractivity contribution in [1.82, 2.24) is 19.5 Å². The Morgan fingerprint density at radius 2 is 1.96 bits per heavy atom. The lowest BCUT2D eigenvalue weighted by Gasteiger charge is -2.18. The number of fused-ring (bicyclic) bond motifs is 1. The van der Waals surface area contributed by atoms with Crippen molar-refractivity contribution in [3.8, 4) is 11.8 Å². The molecule has 1 aliphatic heterocycles. The quantitative estimate of drug-likeness (QED) is 0.553. The standard InChI is InChI=1S/C19H25N5O4/c20-17-14-18(23-13(22-17)8-4-7-11-5-2-1-3-6-11)24(10-21-14)19-16(27)15(26)12(9-25)28-19/h10-12,15-16,19,25-27H,1-3,5-7,9H2,(H2,20,22,23)/t12-,15-,16-,19?/m1/s1. The number of aromatic nitrogens is 4. The van der Waals surface area contributed by atoms with Gasteiger partial charge in [0.1, 0.15) is 23.8 Å². The second-order valence-electron chi connectivity index (χ2n) is 7.50. The predicted octanol–water partition coefficient (Wildman–Crippen LogP) is 0.342. The van der Waals surface area contributed by atoms with Crippen molar-refractivity contribution in [3.05, 3.63) is 12.2 Å². The van der Waals surface area contributed by atoms with Crippen LogP contribution in [-0.4, -0.2) is 59.8 Å². The second kappa shape index (κ2) is 8.01. The Labute approximate surface area is 162 Å². The molecule has 5 N–H and O–H groups in total. The van der Waals surface area contributed by atoms with Crippen LogP contribution in [0, 0.1) is 17.8 Å². The van der Waals surface area contributed by atoms with Crippen LogP contribution in [0.5, 0.6) is 0 Å². The molecule has 2 aromatic rings. The summed E-state index contributed by atoms with van der Waals surface area (Å²) < 4.78 is 7.05. The van der Waals surface area contributed by atoms with Gasteiger partial charge in [0, 0.05) is 6.42 Å². The van der Waals surface area contributed by atoms with Gasteiger partial charge in [0.05, 0.1) is 12.9 Å². The summed E-state index contributed by atoms with van der Waals surface area (Å²) in [6.45, 7) is -0.406. The van der Waals surface area contributed by atoms with Crippen molar-refractivity contribution < 1.29 is 20.1 Å². The van der Waals surface area contributed by atoms with Crippen LogP contribution in [0.3, 0.4) is 0 Å². The highest BCUT2D eigenvalue weighted by Crippen LogP contribution is 2.32. The number of ether oxygens (including phenoxy) is 1. The molecule has 3 heterocycles. The Balaban J connectivity index is 1.60. The zero-order valence-electron chi connectivity index (χ0n) is 15.5. The number of hydrogen-bond acceptors (Lipinski definition) is 8. The maximum absolute atomic E-state index is 10.3. The Kier molecular flexibility index (Phi) is 5.46. The average Bonchev–Trinajstić information content (AvgIpc) is 3.24. The van der Waals surface area contributed by atoms with Gasteiger partial charge in [-0.05, 0) is 24.7 Å². The molecule has 1 aliphatic carbocycles. The van der Waals surface area contributed by atoms with Crippen LogP contribution in [0.25, 0.3) is 11.2 Å². The van der Waals surface area contributed by atoms with Crippen molar-refractivity contribution >= 4 is 17.0 Å². The molecule has 0 spiro atoms. The average molecular weight is 387 g/mol. The Morgan fingerprint density at radius 3 is 2.68 bits per heavy atom. The number of nitrogens with two attached hydrogens (primary N) is 1. The fraction of sp³-hybridized carbons (Fsp3) is 0.632. The molecule has 2 fully saturated rings. The maximum atomic E-state index is 10.3. The lowest BCUT2D eigenvalue weighted by Crippen LogP contribution is -2.33. The van der Waals surface area contributed by atoms with Crippen molar-refractivity contribution in [2.24, 2.45) is 5.92 Å². The molecule has 4 rings (SSSR count). The van der Waals surface area contributed by atoms with E-state index in [9.17, 15) is 15.3 Å². The van der Waals surface area contributed by atoms with Crippen molar-refractivity contribution in [2.75, 3.05) is 12.3 Å². The summed E-state index contributed by atoms with van der Waals surface area (Å²) in [4.78, 5) is 12.8. The molecule has 9 heteroatoms. The first-order chi connectivity index (χ1) is 13.6. The van der Waals surface area contributed by atoms with E-state index < -0.39 is 31.1 Å². The SMILES string of the molecule is Nc1nc(C#CCC2CCCCC2)nc2c1ncn2C1O[C@H](CO)[C@@H](O)[C@H]1O. The molecule has 1 saturated heterocycles. The van der Waals surface area contributed by atoms with E-state index in [1.54, 1.807) is 0 Å². The smallest absolute Gasteiger partial charge is 0.208 e. The maximum Gasteiger partial charge on any atom is 0.208 e. The highest BCUT2D eigenvalue weighted by Gasteiger charge is 2.44. The first-order valence-electron chi connectivity index (χ1n) is 9.70. The van der Waals surface area contributed by atoms with E-state index in [0.29, 0.717) is 17.1 Å². The molecule has 0 radical (unpaired) electrons. The minimum atomic E-state index is -1.23. The van der Waals surface area contributed by atoms with E-state index >= 15 is 0 Å². The number of nitrogen functional groups attached to an aromatic ring is 1. The zero-order valence-corrected chi connectivity index (χ0v) is 15.5. The van der Waals surface area contributed by atoms with Crippen LogP contribution in [0.1, 0.15) is 50.6 Å². The van der Waals surface area contributed by atoms with Gasteiger partial charge in [-0.25, -0.2) is 15.0 Å². The summed E-state index contributed by atoms with van der Waals surface area (Å²) in [6, 6.07) is 0. The largest absolute Gasteiger partial charge is 0.394 e. The molecule has 1 unspecified atom stereocenters. The van der Waals surface area contributed by atoms with Gasteiger partial charge in [-0.1, -0.05) is 25.2 Å². The lowest BCUT2D eigenvalue weighted by atomic mass is 9.87.